The van der Waals surface area contributed by atoms with Crippen LogP contribution in [0.5, 0.6) is 0 Å². The maximum absolute atomic E-state index is 2.79. The Hall–Kier alpha value is -1.34. The van der Waals surface area contributed by atoms with Crippen LogP contribution in [0.25, 0.3) is 0 Å². The summed E-state index contributed by atoms with van der Waals surface area (Å²) in [5, 5.41) is 0. The van der Waals surface area contributed by atoms with Gasteiger partial charge in [0.2, 0.25) is 0 Å². The number of allylic oxidation sites excluding steroid dienone is 5. The van der Waals surface area contributed by atoms with Crippen molar-refractivity contribution in [1.29, 1.82) is 0 Å². The molecule has 1 heterocycles. The van der Waals surface area contributed by atoms with Gasteiger partial charge >= 0.3 is 0 Å². The summed E-state index contributed by atoms with van der Waals surface area (Å²) in [4.78, 5) is 2.79. The van der Waals surface area contributed by atoms with Gasteiger partial charge in [0, 0.05) is 24.0 Å². The first-order valence-corrected chi connectivity index (χ1v) is 7.56. The SMILES string of the molecule is C1=CCC(N2C3C=CC=CC3C3CC=CCC32)C=C1. The van der Waals surface area contributed by atoms with Gasteiger partial charge in [0.15, 0.2) is 0 Å². The molecule has 0 radical (unpaired) electrons. The lowest BCUT2D eigenvalue weighted by Crippen LogP contribution is -2.44. The smallest absolute Gasteiger partial charge is 0.0356 e. The predicted molar refractivity (Wildman–Crippen MR) is 79.7 cm³/mol. The molecule has 0 amide bonds. The molecule has 1 heteroatoms. The molecule has 0 spiro atoms. The van der Waals surface area contributed by atoms with Crippen LogP contribution in [0.1, 0.15) is 19.3 Å². The van der Waals surface area contributed by atoms with Gasteiger partial charge in [0.05, 0.1) is 0 Å². The summed E-state index contributed by atoms with van der Waals surface area (Å²) >= 11 is 0. The molecule has 0 N–H and O–H groups in total. The number of fused-ring (bicyclic) bond motifs is 3. The van der Waals surface area contributed by atoms with Gasteiger partial charge in [-0.3, -0.25) is 4.90 Å². The van der Waals surface area contributed by atoms with Crippen LogP contribution < -0.4 is 0 Å². The third kappa shape index (κ3) is 1.80. The molecular formula is C18H21N. The molecule has 1 nitrogen and oxygen atoms in total. The van der Waals surface area contributed by atoms with Crippen molar-refractivity contribution in [2.24, 2.45) is 11.8 Å². The van der Waals surface area contributed by atoms with Gasteiger partial charge in [-0.2, -0.15) is 0 Å². The number of likely N-dealkylation sites (tertiary alicyclic amines) is 1. The molecule has 0 aromatic carbocycles. The van der Waals surface area contributed by atoms with E-state index in [0.29, 0.717) is 12.1 Å². The summed E-state index contributed by atoms with van der Waals surface area (Å²) in [6.07, 6.45) is 26.9. The fourth-order valence-electron chi connectivity index (χ4n) is 4.36. The van der Waals surface area contributed by atoms with Gasteiger partial charge in [-0.25, -0.2) is 0 Å². The van der Waals surface area contributed by atoms with E-state index >= 15 is 0 Å². The summed E-state index contributed by atoms with van der Waals surface area (Å²) < 4.78 is 0. The highest BCUT2D eigenvalue weighted by Crippen LogP contribution is 2.45. The first-order valence-electron chi connectivity index (χ1n) is 7.56. The number of hydrogen-bond donors (Lipinski definition) is 0. The third-order valence-electron chi connectivity index (χ3n) is 5.16. The molecule has 4 aliphatic rings. The van der Waals surface area contributed by atoms with Crippen LogP contribution in [0.15, 0.2) is 60.8 Å². The van der Waals surface area contributed by atoms with E-state index in [1.807, 2.05) is 0 Å². The molecule has 0 aromatic rings. The first-order chi connectivity index (χ1) is 9.45. The van der Waals surface area contributed by atoms with E-state index in [2.05, 4.69) is 65.7 Å². The molecule has 98 valence electrons. The van der Waals surface area contributed by atoms with Crippen LogP contribution in [0.2, 0.25) is 0 Å². The maximum Gasteiger partial charge on any atom is 0.0356 e. The van der Waals surface area contributed by atoms with E-state index in [-0.39, 0.29) is 0 Å². The molecule has 4 rings (SSSR count). The highest BCUT2D eigenvalue weighted by molar-refractivity contribution is 5.27. The van der Waals surface area contributed by atoms with E-state index in [1.54, 1.807) is 0 Å². The van der Waals surface area contributed by atoms with Crippen molar-refractivity contribution in [3.63, 3.8) is 0 Å². The predicted octanol–water partition coefficient (Wildman–Crippen LogP) is 3.63. The van der Waals surface area contributed by atoms with Crippen molar-refractivity contribution in [2.75, 3.05) is 0 Å². The molecule has 5 atom stereocenters. The van der Waals surface area contributed by atoms with Crippen LogP contribution in [0, 0.1) is 11.8 Å². The Morgan fingerprint density at radius 2 is 1.58 bits per heavy atom. The minimum absolute atomic E-state index is 0.593. The first kappa shape index (κ1) is 11.5. The highest BCUT2D eigenvalue weighted by Gasteiger charge is 2.48. The van der Waals surface area contributed by atoms with Crippen LogP contribution >= 0.6 is 0 Å². The molecule has 19 heavy (non-hydrogen) atoms. The zero-order valence-electron chi connectivity index (χ0n) is 11.2. The zero-order valence-corrected chi connectivity index (χ0v) is 11.2. The largest absolute Gasteiger partial charge is 0.286 e. The van der Waals surface area contributed by atoms with Crippen LogP contribution in [0.3, 0.4) is 0 Å². The number of nitrogens with zero attached hydrogens (tertiary/aromatic N) is 1. The Morgan fingerprint density at radius 1 is 0.737 bits per heavy atom. The molecular weight excluding hydrogens is 230 g/mol. The van der Waals surface area contributed by atoms with Crippen molar-refractivity contribution in [3.8, 4) is 0 Å². The lowest BCUT2D eigenvalue weighted by Gasteiger charge is -2.37. The second-order valence-electron chi connectivity index (χ2n) is 6.08. The third-order valence-corrected chi connectivity index (χ3v) is 5.16. The Morgan fingerprint density at radius 3 is 2.47 bits per heavy atom. The normalized spacial score (nSPS) is 43.5. The van der Waals surface area contributed by atoms with E-state index in [9.17, 15) is 0 Å². The quantitative estimate of drug-likeness (QED) is 0.643. The average molecular weight is 251 g/mol. The number of rotatable bonds is 1. The van der Waals surface area contributed by atoms with Gasteiger partial charge in [-0.15, -0.1) is 0 Å². The van der Waals surface area contributed by atoms with E-state index < -0.39 is 0 Å². The Kier molecular flexibility index (Phi) is 2.81. The summed E-state index contributed by atoms with van der Waals surface area (Å²) in [6, 6.07) is 1.93. The maximum atomic E-state index is 2.79. The average Bonchev–Trinajstić information content (AvgIpc) is 2.83. The van der Waals surface area contributed by atoms with Gasteiger partial charge < -0.3 is 0 Å². The standard InChI is InChI=1S/C18H21N/c1-2-8-14(9-3-1)19-17-12-6-4-10-15(17)16-11-5-7-13-18(16)19/h1-8,10,12,14-18H,9,11,13H2. The number of hydrogen-bond acceptors (Lipinski definition) is 1. The Balaban J connectivity index is 1.69. The highest BCUT2D eigenvalue weighted by atomic mass is 15.2. The molecule has 0 bridgehead atoms. The van der Waals surface area contributed by atoms with Crippen molar-refractivity contribution in [2.45, 2.75) is 37.4 Å². The van der Waals surface area contributed by atoms with Crippen molar-refractivity contribution >= 4 is 0 Å². The van der Waals surface area contributed by atoms with E-state index in [4.69, 9.17) is 0 Å². The second kappa shape index (κ2) is 4.64. The summed E-state index contributed by atoms with van der Waals surface area (Å²) in [7, 11) is 0. The summed E-state index contributed by atoms with van der Waals surface area (Å²) in [6.45, 7) is 0. The lowest BCUT2D eigenvalue weighted by atomic mass is 9.80. The van der Waals surface area contributed by atoms with E-state index in [1.165, 1.54) is 19.3 Å². The van der Waals surface area contributed by atoms with Crippen molar-refractivity contribution in [3.05, 3.63) is 60.8 Å². The topological polar surface area (TPSA) is 3.24 Å². The lowest BCUT2D eigenvalue weighted by molar-refractivity contribution is 0.159. The zero-order chi connectivity index (χ0) is 12.7. The summed E-state index contributed by atoms with van der Waals surface area (Å²) in [5.41, 5.74) is 0. The molecule has 1 fully saturated rings. The molecule has 0 saturated carbocycles. The monoisotopic (exact) mass is 251 g/mol. The van der Waals surface area contributed by atoms with Gasteiger partial charge in [0.25, 0.3) is 0 Å². The Labute approximate surface area is 115 Å². The van der Waals surface area contributed by atoms with Crippen LogP contribution in [-0.2, 0) is 0 Å². The minimum atomic E-state index is 0.593. The van der Waals surface area contributed by atoms with Crippen LogP contribution in [-0.4, -0.2) is 23.0 Å². The van der Waals surface area contributed by atoms with Crippen molar-refractivity contribution in [1.82, 2.24) is 4.90 Å². The second-order valence-corrected chi connectivity index (χ2v) is 6.08. The van der Waals surface area contributed by atoms with Gasteiger partial charge in [-0.1, -0.05) is 60.8 Å². The molecule has 1 aliphatic heterocycles. The minimum Gasteiger partial charge on any atom is -0.286 e. The van der Waals surface area contributed by atoms with E-state index in [0.717, 1.165) is 17.9 Å². The van der Waals surface area contributed by atoms with Crippen molar-refractivity contribution < 1.29 is 0 Å². The molecule has 5 unspecified atom stereocenters. The Bertz CT molecular complexity index is 494. The molecule has 1 saturated heterocycles. The van der Waals surface area contributed by atoms with Gasteiger partial charge in [0.1, 0.15) is 0 Å². The fraction of sp³-hybridized carbons (Fsp3) is 0.444. The fourth-order valence-corrected chi connectivity index (χ4v) is 4.36. The van der Waals surface area contributed by atoms with Gasteiger partial charge in [-0.05, 0) is 25.2 Å². The molecule has 3 aliphatic carbocycles. The summed E-state index contributed by atoms with van der Waals surface area (Å²) in [5.74, 6) is 1.54. The van der Waals surface area contributed by atoms with Crippen LogP contribution in [0.4, 0.5) is 0 Å². The molecule has 0 aromatic heterocycles.